The van der Waals surface area contributed by atoms with Crippen LogP contribution in [0.2, 0.25) is 0 Å². The van der Waals surface area contributed by atoms with E-state index in [1.165, 1.54) is 0 Å². The maximum atomic E-state index is 10.8. The highest BCUT2D eigenvalue weighted by molar-refractivity contribution is 5.41. The molecule has 1 aromatic carbocycles. The zero-order valence-corrected chi connectivity index (χ0v) is 11.1. The molecule has 108 valence electrons. The molecule has 0 atom stereocenters. The molecule has 1 aliphatic rings. The van der Waals surface area contributed by atoms with E-state index in [1.807, 2.05) is 12.1 Å². The first-order valence-corrected chi connectivity index (χ1v) is 6.64. The third-order valence-corrected chi connectivity index (χ3v) is 3.75. The largest absolute Gasteiger partial charge is 0.456 e. The molecule has 0 unspecified atom stereocenters. The lowest BCUT2D eigenvalue weighted by atomic mass is 9.79. The fraction of sp³-hybridized carbons (Fsp3) is 0.500. The molecule has 0 amide bonds. The Labute approximate surface area is 116 Å². The zero-order chi connectivity index (χ0) is 14.4. The van der Waals surface area contributed by atoms with Gasteiger partial charge in [0.2, 0.25) is 0 Å². The molecule has 0 saturated heterocycles. The Kier molecular flexibility index (Phi) is 4.55. The van der Waals surface area contributed by atoms with Crippen molar-refractivity contribution in [2.24, 2.45) is 0 Å². The number of carbonyl (C=O) groups is 1. The molecule has 6 heteroatoms. The van der Waals surface area contributed by atoms with Gasteiger partial charge in [-0.2, -0.15) is 0 Å². The average molecular weight is 279 g/mol. The number of ether oxygens (including phenoxy) is 1. The van der Waals surface area contributed by atoms with Gasteiger partial charge in [-0.3, -0.25) is 4.79 Å². The van der Waals surface area contributed by atoms with E-state index in [2.05, 4.69) is 4.84 Å². The van der Waals surface area contributed by atoms with Crippen LogP contribution < -0.4 is 0 Å². The topological polar surface area (TPSA) is 78.7 Å². The van der Waals surface area contributed by atoms with Crippen LogP contribution in [-0.4, -0.2) is 11.6 Å². The molecule has 0 aliphatic heterocycles. The lowest BCUT2D eigenvalue weighted by molar-refractivity contribution is -0.763. The van der Waals surface area contributed by atoms with Crippen LogP contribution in [0.3, 0.4) is 0 Å². The molecule has 20 heavy (non-hydrogen) atoms. The van der Waals surface area contributed by atoms with Gasteiger partial charge in [-0.15, -0.1) is 10.1 Å². The van der Waals surface area contributed by atoms with Gasteiger partial charge in [-0.05, 0) is 36.8 Å². The van der Waals surface area contributed by atoms with Crippen molar-refractivity contribution in [3.63, 3.8) is 0 Å². The summed E-state index contributed by atoms with van der Waals surface area (Å²) in [6.45, 7) is 0.434. The minimum absolute atomic E-state index is 0.0746. The van der Waals surface area contributed by atoms with E-state index in [1.54, 1.807) is 12.1 Å². The van der Waals surface area contributed by atoms with Crippen molar-refractivity contribution in [2.75, 3.05) is 0 Å². The van der Waals surface area contributed by atoms with Crippen molar-refractivity contribution in [3.8, 4) is 0 Å². The Bertz CT molecular complexity index is 465. The Balaban J connectivity index is 2.13. The number of hydrogen-bond acceptors (Lipinski definition) is 5. The quantitative estimate of drug-likeness (QED) is 0.454. The van der Waals surface area contributed by atoms with Crippen LogP contribution in [0.25, 0.3) is 0 Å². The SMILES string of the molecule is O=COC1(c2ccc(CO[N+](=O)[O-])cc2)CCCCC1. The highest BCUT2D eigenvalue weighted by atomic mass is 16.9. The third kappa shape index (κ3) is 3.26. The first kappa shape index (κ1) is 14.3. The predicted molar refractivity (Wildman–Crippen MR) is 70.1 cm³/mol. The lowest BCUT2D eigenvalue weighted by Gasteiger charge is -2.35. The fourth-order valence-corrected chi connectivity index (χ4v) is 2.72. The Morgan fingerprint density at radius 3 is 2.40 bits per heavy atom. The summed E-state index contributed by atoms with van der Waals surface area (Å²) in [6, 6.07) is 7.24. The maximum absolute atomic E-state index is 10.8. The molecule has 1 saturated carbocycles. The van der Waals surface area contributed by atoms with Gasteiger partial charge < -0.3 is 9.57 Å². The van der Waals surface area contributed by atoms with Gasteiger partial charge in [0.05, 0.1) is 0 Å². The molecule has 0 heterocycles. The monoisotopic (exact) mass is 279 g/mol. The van der Waals surface area contributed by atoms with E-state index < -0.39 is 10.7 Å². The Hall–Kier alpha value is -2.11. The van der Waals surface area contributed by atoms with Crippen LogP contribution in [0, 0.1) is 10.1 Å². The van der Waals surface area contributed by atoms with Crippen molar-refractivity contribution < 1.29 is 19.5 Å². The van der Waals surface area contributed by atoms with Gasteiger partial charge in [0.1, 0.15) is 12.2 Å². The second-order valence-electron chi connectivity index (χ2n) is 4.96. The zero-order valence-electron chi connectivity index (χ0n) is 11.1. The molecule has 1 aliphatic carbocycles. The van der Waals surface area contributed by atoms with E-state index in [9.17, 15) is 14.9 Å². The van der Waals surface area contributed by atoms with E-state index in [4.69, 9.17) is 4.74 Å². The van der Waals surface area contributed by atoms with Crippen molar-refractivity contribution >= 4 is 6.47 Å². The number of carbonyl (C=O) groups excluding carboxylic acids is 1. The van der Waals surface area contributed by atoms with Crippen molar-refractivity contribution in [1.82, 2.24) is 0 Å². The summed E-state index contributed by atoms with van der Waals surface area (Å²) in [6.07, 6.45) is 4.84. The van der Waals surface area contributed by atoms with Gasteiger partial charge in [0.15, 0.2) is 0 Å². The Morgan fingerprint density at radius 1 is 1.20 bits per heavy atom. The number of rotatable bonds is 6. The summed E-state index contributed by atoms with van der Waals surface area (Å²) in [7, 11) is 0. The molecule has 6 nitrogen and oxygen atoms in total. The normalized spacial score (nSPS) is 17.2. The van der Waals surface area contributed by atoms with E-state index in [0.29, 0.717) is 12.0 Å². The Morgan fingerprint density at radius 2 is 1.85 bits per heavy atom. The van der Waals surface area contributed by atoms with Crippen molar-refractivity contribution in [1.29, 1.82) is 0 Å². The average Bonchev–Trinajstić information content (AvgIpc) is 2.47. The van der Waals surface area contributed by atoms with E-state index >= 15 is 0 Å². The van der Waals surface area contributed by atoms with E-state index in [0.717, 1.165) is 37.7 Å². The van der Waals surface area contributed by atoms with Crippen LogP contribution >= 0.6 is 0 Å². The molecule has 2 rings (SSSR count). The standard InChI is InChI=1S/C14H17NO5/c16-11-19-14(8-2-1-3-9-14)13-6-4-12(5-7-13)10-20-15(17)18/h4-7,11H,1-3,8-10H2. The molecule has 0 bridgehead atoms. The van der Waals surface area contributed by atoms with Gasteiger partial charge >= 0.3 is 0 Å². The molecular weight excluding hydrogens is 262 g/mol. The lowest BCUT2D eigenvalue weighted by Crippen LogP contribution is -2.32. The summed E-state index contributed by atoms with van der Waals surface area (Å²) >= 11 is 0. The second kappa shape index (κ2) is 6.36. The summed E-state index contributed by atoms with van der Waals surface area (Å²) in [4.78, 5) is 25.2. The van der Waals surface area contributed by atoms with Crippen molar-refractivity contribution in [2.45, 2.75) is 44.3 Å². The minimum Gasteiger partial charge on any atom is -0.456 e. The predicted octanol–water partition coefficient (Wildman–Crippen LogP) is 2.73. The first-order chi connectivity index (χ1) is 9.66. The second-order valence-corrected chi connectivity index (χ2v) is 4.96. The maximum Gasteiger partial charge on any atom is 0.294 e. The number of nitrogens with zero attached hydrogens (tertiary/aromatic N) is 1. The van der Waals surface area contributed by atoms with Gasteiger partial charge in [-0.25, -0.2) is 0 Å². The van der Waals surface area contributed by atoms with Gasteiger partial charge in [-0.1, -0.05) is 30.7 Å². The minimum atomic E-state index is -0.813. The summed E-state index contributed by atoms with van der Waals surface area (Å²) in [5, 5.41) is 9.33. The summed E-state index contributed by atoms with van der Waals surface area (Å²) < 4.78 is 5.37. The molecule has 1 fully saturated rings. The third-order valence-electron chi connectivity index (χ3n) is 3.75. The van der Waals surface area contributed by atoms with Crippen LogP contribution in [0.1, 0.15) is 43.2 Å². The fourth-order valence-electron chi connectivity index (χ4n) is 2.72. The molecule has 1 aromatic rings. The van der Waals surface area contributed by atoms with Crippen LogP contribution in [-0.2, 0) is 26.6 Å². The summed E-state index contributed by atoms with van der Waals surface area (Å²) in [5.41, 5.74) is 1.11. The van der Waals surface area contributed by atoms with Gasteiger partial charge in [0.25, 0.3) is 11.6 Å². The highest BCUT2D eigenvalue weighted by Gasteiger charge is 2.35. The van der Waals surface area contributed by atoms with Gasteiger partial charge in [0, 0.05) is 0 Å². The summed E-state index contributed by atoms with van der Waals surface area (Å²) in [5.74, 6) is 0. The molecular formula is C14H17NO5. The van der Waals surface area contributed by atoms with Crippen LogP contribution in [0.5, 0.6) is 0 Å². The van der Waals surface area contributed by atoms with Crippen LogP contribution in [0.15, 0.2) is 24.3 Å². The molecule has 0 N–H and O–H groups in total. The molecule has 0 aromatic heterocycles. The molecule has 0 spiro atoms. The van der Waals surface area contributed by atoms with Crippen LogP contribution in [0.4, 0.5) is 0 Å². The first-order valence-electron chi connectivity index (χ1n) is 6.64. The number of hydrogen-bond donors (Lipinski definition) is 0. The molecule has 0 radical (unpaired) electrons. The smallest absolute Gasteiger partial charge is 0.294 e. The highest BCUT2D eigenvalue weighted by Crippen LogP contribution is 2.40. The van der Waals surface area contributed by atoms with E-state index in [-0.39, 0.29) is 6.61 Å². The number of benzene rings is 1. The van der Waals surface area contributed by atoms with Crippen molar-refractivity contribution in [3.05, 3.63) is 45.5 Å².